The number of halogens is 1. The van der Waals surface area contributed by atoms with Crippen LogP contribution in [0.3, 0.4) is 0 Å². The summed E-state index contributed by atoms with van der Waals surface area (Å²) in [6.07, 6.45) is 0. The van der Waals surface area contributed by atoms with Crippen LogP contribution in [0.1, 0.15) is 10.4 Å². The van der Waals surface area contributed by atoms with Gasteiger partial charge in [-0.1, -0.05) is 11.6 Å². The highest BCUT2D eigenvalue weighted by molar-refractivity contribution is 6.29. The summed E-state index contributed by atoms with van der Waals surface area (Å²) in [5.74, 6) is -1.05. The van der Waals surface area contributed by atoms with Crippen LogP contribution in [0, 0.1) is 0 Å². The fourth-order valence-corrected chi connectivity index (χ4v) is 1.33. The highest BCUT2D eigenvalue weighted by atomic mass is 35.5. The first kappa shape index (κ1) is 9.67. The molecule has 1 heterocycles. The van der Waals surface area contributed by atoms with E-state index in [1.807, 2.05) is 0 Å². The van der Waals surface area contributed by atoms with Gasteiger partial charge < -0.3 is 10.1 Å². The van der Waals surface area contributed by atoms with Crippen molar-refractivity contribution in [3.63, 3.8) is 0 Å². The Morgan fingerprint density at radius 2 is 2.20 bits per heavy atom. The third-order valence-electron chi connectivity index (χ3n) is 1.90. The zero-order chi connectivity index (χ0) is 11.0. The molecule has 0 radical (unpaired) electrons. The molecule has 0 saturated heterocycles. The van der Waals surface area contributed by atoms with E-state index in [2.05, 4.69) is 9.97 Å². The van der Waals surface area contributed by atoms with Crippen molar-refractivity contribution in [3.05, 3.63) is 39.3 Å². The molecule has 0 bridgehead atoms. The van der Waals surface area contributed by atoms with E-state index >= 15 is 0 Å². The van der Waals surface area contributed by atoms with Gasteiger partial charge in [-0.3, -0.25) is 4.79 Å². The van der Waals surface area contributed by atoms with Gasteiger partial charge in [-0.05, 0) is 18.2 Å². The molecule has 0 unspecified atom stereocenters. The number of nitrogens with one attached hydrogen (secondary N) is 1. The fourth-order valence-electron chi connectivity index (χ4n) is 1.19. The zero-order valence-electron chi connectivity index (χ0n) is 7.32. The molecule has 0 fully saturated rings. The van der Waals surface area contributed by atoms with Crippen molar-refractivity contribution in [2.24, 2.45) is 0 Å². The standard InChI is InChI=1S/C9H5ClN2O3/c10-7-8(13)12-5-2-1-4(9(14)15)3-6(5)11-7/h1-3H,(H,12,13)(H,14,15). The number of hydrogen-bond donors (Lipinski definition) is 2. The first-order valence-corrected chi connectivity index (χ1v) is 4.38. The fraction of sp³-hybridized carbons (Fsp3) is 0. The van der Waals surface area contributed by atoms with Crippen LogP contribution in [-0.2, 0) is 0 Å². The number of rotatable bonds is 1. The van der Waals surface area contributed by atoms with Crippen molar-refractivity contribution in [3.8, 4) is 0 Å². The summed E-state index contributed by atoms with van der Waals surface area (Å²) in [4.78, 5) is 28.0. The van der Waals surface area contributed by atoms with Gasteiger partial charge in [0.1, 0.15) is 0 Å². The molecule has 76 valence electrons. The van der Waals surface area contributed by atoms with E-state index < -0.39 is 11.5 Å². The third kappa shape index (κ3) is 1.69. The topological polar surface area (TPSA) is 83.0 Å². The lowest BCUT2D eigenvalue weighted by molar-refractivity contribution is 0.0697. The molecule has 0 aliphatic heterocycles. The molecule has 1 aromatic heterocycles. The van der Waals surface area contributed by atoms with Gasteiger partial charge in [-0.15, -0.1) is 0 Å². The van der Waals surface area contributed by atoms with E-state index in [9.17, 15) is 9.59 Å². The van der Waals surface area contributed by atoms with Gasteiger partial charge in [0.25, 0.3) is 5.56 Å². The Hall–Kier alpha value is -1.88. The van der Waals surface area contributed by atoms with Gasteiger partial charge in [-0.25, -0.2) is 9.78 Å². The number of carboxylic acids is 1. The van der Waals surface area contributed by atoms with Gasteiger partial charge in [-0.2, -0.15) is 0 Å². The van der Waals surface area contributed by atoms with Crippen LogP contribution in [0.4, 0.5) is 0 Å². The number of aromatic carboxylic acids is 1. The van der Waals surface area contributed by atoms with Crippen molar-refractivity contribution in [1.82, 2.24) is 9.97 Å². The predicted octanol–water partition coefficient (Wildman–Crippen LogP) is 1.27. The average Bonchev–Trinajstić information content (AvgIpc) is 2.19. The number of carbonyl (C=O) groups is 1. The predicted molar refractivity (Wildman–Crippen MR) is 54.3 cm³/mol. The molecule has 2 rings (SSSR count). The molecule has 6 heteroatoms. The molecule has 15 heavy (non-hydrogen) atoms. The second-order valence-corrected chi connectivity index (χ2v) is 3.25. The Kier molecular flexibility index (Phi) is 2.17. The SMILES string of the molecule is O=C(O)c1ccc2[nH]c(=O)c(Cl)nc2c1. The van der Waals surface area contributed by atoms with Crippen LogP contribution in [-0.4, -0.2) is 21.0 Å². The lowest BCUT2D eigenvalue weighted by atomic mass is 10.2. The minimum absolute atomic E-state index is 0.0955. The first-order valence-electron chi connectivity index (χ1n) is 4.01. The van der Waals surface area contributed by atoms with Crippen molar-refractivity contribution in [1.29, 1.82) is 0 Å². The van der Waals surface area contributed by atoms with Crippen LogP contribution in [0.5, 0.6) is 0 Å². The number of nitrogens with zero attached hydrogens (tertiary/aromatic N) is 1. The van der Waals surface area contributed by atoms with Crippen LogP contribution in [0.25, 0.3) is 11.0 Å². The Balaban J connectivity index is 2.77. The molecule has 0 aliphatic carbocycles. The van der Waals surface area contributed by atoms with E-state index in [0.29, 0.717) is 11.0 Å². The summed E-state index contributed by atoms with van der Waals surface area (Å²) >= 11 is 5.52. The summed E-state index contributed by atoms with van der Waals surface area (Å²) in [7, 11) is 0. The van der Waals surface area contributed by atoms with E-state index in [4.69, 9.17) is 16.7 Å². The summed E-state index contributed by atoms with van der Waals surface area (Å²) in [6.45, 7) is 0. The van der Waals surface area contributed by atoms with Crippen LogP contribution < -0.4 is 5.56 Å². The molecule has 1 aromatic carbocycles. The number of aromatic nitrogens is 2. The lowest BCUT2D eigenvalue weighted by Gasteiger charge is -1.99. The van der Waals surface area contributed by atoms with Gasteiger partial charge in [0.2, 0.25) is 0 Å². The Morgan fingerprint density at radius 3 is 2.87 bits per heavy atom. The summed E-state index contributed by atoms with van der Waals surface area (Å²) < 4.78 is 0. The summed E-state index contributed by atoms with van der Waals surface area (Å²) in [5.41, 5.74) is 0.402. The smallest absolute Gasteiger partial charge is 0.335 e. The second kappa shape index (κ2) is 3.36. The number of aromatic amines is 1. The normalized spacial score (nSPS) is 10.5. The van der Waals surface area contributed by atoms with Crippen LogP contribution >= 0.6 is 11.6 Å². The number of H-pyrrole nitrogens is 1. The van der Waals surface area contributed by atoms with Crippen LogP contribution in [0.15, 0.2) is 23.0 Å². The van der Waals surface area contributed by atoms with Crippen molar-refractivity contribution >= 4 is 28.6 Å². The first-order chi connectivity index (χ1) is 7.08. The molecule has 0 spiro atoms. The average molecular weight is 225 g/mol. The number of hydrogen-bond acceptors (Lipinski definition) is 3. The molecule has 0 saturated carbocycles. The van der Waals surface area contributed by atoms with Crippen molar-refractivity contribution in [2.45, 2.75) is 0 Å². The molecule has 2 N–H and O–H groups in total. The highest BCUT2D eigenvalue weighted by Gasteiger charge is 2.06. The van der Waals surface area contributed by atoms with E-state index in [1.54, 1.807) is 0 Å². The maximum absolute atomic E-state index is 11.1. The van der Waals surface area contributed by atoms with E-state index in [-0.39, 0.29) is 10.7 Å². The van der Waals surface area contributed by atoms with Gasteiger partial charge in [0, 0.05) is 0 Å². The Bertz CT molecular complexity index is 606. The summed E-state index contributed by atoms with van der Waals surface area (Å²) in [5, 5.41) is 8.53. The molecular weight excluding hydrogens is 220 g/mol. The van der Waals surface area contributed by atoms with E-state index in [0.717, 1.165) is 0 Å². The van der Waals surface area contributed by atoms with Gasteiger partial charge >= 0.3 is 5.97 Å². The largest absolute Gasteiger partial charge is 0.478 e. The molecule has 0 atom stereocenters. The molecule has 5 nitrogen and oxygen atoms in total. The van der Waals surface area contributed by atoms with Crippen molar-refractivity contribution < 1.29 is 9.90 Å². The molecule has 0 amide bonds. The lowest BCUT2D eigenvalue weighted by Crippen LogP contribution is -2.08. The van der Waals surface area contributed by atoms with Gasteiger partial charge in [0.15, 0.2) is 5.15 Å². The molecule has 0 aliphatic rings. The number of benzene rings is 1. The Morgan fingerprint density at radius 1 is 1.47 bits per heavy atom. The van der Waals surface area contributed by atoms with Crippen LogP contribution in [0.2, 0.25) is 5.15 Å². The highest BCUT2D eigenvalue weighted by Crippen LogP contribution is 2.12. The van der Waals surface area contributed by atoms with Crippen molar-refractivity contribution in [2.75, 3.05) is 0 Å². The second-order valence-electron chi connectivity index (χ2n) is 2.89. The van der Waals surface area contributed by atoms with E-state index in [1.165, 1.54) is 18.2 Å². The quantitative estimate of drug-likeness (QED) is 0.764. The van der Waals surface area contributed by atoms with Gasteiger partial charge in [0.05, 0.1) is 16.6 Å². The monoisotopic (exact) mass is 224 g/mol. The third-order valence-corrected chi connectivity index (χ3v) is 2.16. The zero-order valence-corrected chi connectivity index (χ0v) is 8.08. The molecule has 2 aromatic rings. The summed E-state index contributed by atoms with van der Waals surface area (Å²) in [6, 6.07) is 4.21. The Labute approximate surface area is 88.3 Å². The minimum Gasteiger partial charge on any atom is -0.478 e. The molecular formula is C9H5ClN2O3. The number of carboxylic acid groups (broad SMARTS) is 1. The number of fused-ring (bicyclic) bond motifs is 1. The maximum Gasteiger partial charge on any atom is 0.335 e. The minimum atomic E-state index is -1.05. The maximum atomic E-state index is 11.1.